The van der Waals surface area contributed by atoms with Crippen molar-refractivity contribution in [3.8, 4) is 0 Å². The highest BCUT2D eigenvalue weighted by atomic mass is 16.6. The van der Waals surface area contributed by atoms with E-state index >= 15 is 0 Å². The summed E-state index contributed by atoms with van der Waals surface area (Å²) in [6.07, 6.45) is 0.180. The molecular formula is C15H18N2O5. The van der Waals surface area contributed by atoms with E-state index in [0.29, 0.717) is 13.0 Å². The second-order valence-electron chi connectivity index (χ2n) is 5.03. The van der Waals surface area contributed by atoms with Crippen LogP contribution in [-0.2, 0) is 20.9 Å². The molecule has 1 aromatic carbocycles. The average Bonchev–Trinajstić information content (AvgIpc) is 2.68. The van der Waals surface area contributed by atoms with E-state index in [1.165, 1.54) is 4.90 Å². The highest BCUT2D eigenvalue weighted by Crippen LogP contribution is 2.11. The van der Waals surface area contributed by atoms with Gasteiger partial charge in [0.1, 0.15) is 13.2 Å². The van der Waals surface area contributed by atoms with Gasteiger partial charge in [-0.2, -0.15) is 0 Å². The van der Waals surface area contributed by atoms with Gasteiger partial charge in [-0.1, -0.05) is 30.3 Å². The molecule has 22 heavy (non-hydrogen) atoms. The summed E-state index contributed by atoms with van der Waals surface area (Å²) in [7, 11) is 0. The fourth-order valence-corrected chi connectivity index (χ4v) is 2.20. The number of carbonyl (C=O) groups is 3. The maximum Gasteiger partial charge on any atom is 0.411 e. The van der Waals surface area contributed by atoms with Crippen LogP contribution in [0, 0.1) is 0 Å². The van der Waals surface area contributed by atoms with E-state index in [1.807, 2.05) is 30.3 Å². The van der Waals surface area contributed by atoms with Crippen LogP contribution in [0.25, 0.3) is 0 Å². The van der Waals surface area contributed by atoms with Gasteiger partial charge in [-0.25, -0.2) is 4.79 Å². The molecule has 1 aromatic rings. The number of amides is 2. The number of hydrogen-bond acceptors (Lipinski definition) is 4. The molecule has 7 nitrogen and oxygen atoms in total. The third-order valence-electron chi connectivity index (χ3n) is 3.30. The van der Waals surface area contributed by atoms with Crippen LogP contribution < -0.4 is 0 Å². The molecule has 0 spiro atoms. The lowest BCUT2D eigenvalue weighted by Crippen LogP contribution is -2.44. The third kappa shape index (κ3) is 4.47. The molecule has 0 aromatic heterocycles. The van der Waals surface area contributed by atoms with Gasteiger partial charge in [-0.15, -0.1) is 0 Å². The van der Waals surface area contributed by atoms with E-state index < -0.39 is 18.6 Å². The van der Waals surface area contributed by atoms with Gasteiger partial charge in [-0.3, -0.25) is 14.5 Å². The Labute approximate surface area is 128 Å². The maximum absolute atomic E-state index is 12.1. The summed E-state index contributed by atoms with van der Waals surface area (Å²) in [4.78, 5) is 37.2. The predicted octanol–water partition coefficient (Wildman–Crippen LogP) is 1.29. The lowest BCUT2D eigenvalue weighted by Gasteiger charge is -2.25. The number of aliphatic carboxylic acids is 1. The van der Waals surface area contributed by atoms with E-state index in [1.54, 1.807) is 0 Å². The summed E-state index contributed by atoms with van der Waals surface area (Å²) in [5, 5.41) is 8.82. The summed E-state index contributed by atoms with van der Waals surface area (Å²) < 4.78 is 5.21. The lowest BCUT2D eigenvalue weighted by molar-refractivity contribution is -0.145. The lowest BCUT2D eigenvalue weighted by atomic mass is 10.2. The van der Waals surface area contributed by atoms with Crippen molar-refractivity contribution < 1.29 is 24.2 Å². The molecule has 0 saturated carbocycles. The van der Waals surface area contributed by atoms with Crippen LogP contribution in [0.15, 0.2) is 30.3 Å². The zero-order valence-corrected chi connectivity index (χ0v) is 12.1. The van der Waals surface area contributed by atoms with Crippen LogP contribution in [0.3, 0.4) is 0 Å². The number of hydrogen-bond donors (Lipinski definition) is 1. The van der Waals surface area contributed by atoms with Gasteiger partial charge >= 0.3 is 12.1 Å². The number of ether oxygens (including phenoxy) is 1. The molecule has 1 fully saturated rings. The zero-order chi connectivity index (χ0) is 15.9. The molecule has 2 amide bonds. The monoisotopic (exact) mass is 306 g/mol. The first-order valence-corrected chi connectivity index (χ1v) is 7.01. The molecule has 0 bridgehead atoms. The minimum atomic E-state index is -1.10. The largest absolute Gasteiger partial charge is 0.480 e. The van der Waals surface area contributed by atoms with E-state index in [4.69, 9.17) is 9.84 Å². The fourth-order valence-electron chi connectivity index (χ4n) is 2.20. The average molecular weight is 306 g/mol. The van der Waals surface area contributed by atoms with E-state index in [9.17, 15) is 14.4 Å². The molecule has 1 aliphatic heterocycles. The molecule has 0 unspecified atom stereocenters. The third-order valence-corrected chi connectivity index (χ3v) is 3.30. The van der Waals surface area contributed by atoms with Gasteiger partial charge in [0, 0.05) is 13.0 Å². The molecule has 118 valence electrons. The first-order valence-electron chi connectivity index (χ1n) is 7.01. The van der Waals surface area contributed by atoms with Crippen LogP contribution >= 0.6 is 0 Å². The first-order chi connectivity index (χ1) is 10.6. The molecule has 0 atom stereocenters. The summed E-state index contributed by atoms with van der Waals surface area (Å²) in [6, 6.07) is 9.26. The van der Waals surface area contributed by atoms with Crippen molar-refractivity contribution in [3.05, 3.63) is 35.9 Å². The Morgan fingerprint density at radius 2 is 1.95 bits per heavy atom. The Morgan fingerprint density at radius 3 is 2.64 bits per heavy atom. The summed E-state index contributed by atoms with van der Waals surface area (Å²) in [5.74, 6) is -1.37. The molecule has 0 aliphatic carbocycles. The standard InChI is InChI=1S/C15H18N2O5/c18-13-7-4-8-16(11-17(13)9-14(19)20)15(21)22-10-12-5-2-1-3-6-12/h1-3,5-6H,4,7-11H2,(H,19,20). The molecular weight excluding hydrogens is 288 g/mol. The van der Waals surface area contributed by atoms with E-state index in [-0.39, 0.29) is 25.6 Å². The zero-order valence-electron chi connectivity index (χ0n) is 12.1. The van der Waals surface area contributed by atoms with Gasteiger partial charge < -0.3 is 14.7 Å². The van der Waals surface area contributed by atoms with Crippen molar-refractivity contribution >= 4 is 18.0 Å². The number of nitrogens with zero attached hydrogens (tertiary/aromatic N) is 2. The number of benzene rings is 1. The Bertz CT molecular complexity index is 546. The summed E-state index contributed by atoms with van der Waals surface area (Å²) in [5.41, 5.74) is 0.865. The minimum absolute atomic E-state index is 0.0568. The Hall–Kier alpha value is -2.57. The molecule has 0 radical (unpaired) electrons. The topological polar surface area (TPSA) is 87.2 Å². The highest BCUT2D eigenvalue weighted by molar-refractivity contribution is 5.82. The van der Waals surface area contributed by atoms with Gasteiger partial charge in [0.15, 0.2) is 0 Å². The molecule has 2 rings (SSSR count). The number of carbonyl (C=O) groups excluding carboxylic acids is 2. The van der Waals surface area contributed by atoms with Crippen LogP contribution in [0.5, 0.6) is 0 Å². The Morgan fingerprint density at radius 1 is 1.23 bits per heavy atom. The van der Waals surface area contributed by atoms with Crippen molar-refractivity contribution in [2.45, 2.75) is 19.4 Å². The normalized spacial score (nSPS) is 15.4. The van der Waals surface area contributed by atoms with Crippen molar-refractivity contribution in [1.82, 2.24) is 9.80 Å². The number of rotatable bonds is 4. The first kappa shape index (κ1) is 15.8. The number of carboxylic acids is 1. The van der Waals surface area contributed by atoms with Crippen LogP contribution in [0.4, 0.5) is 4.79 Å². The van der Waals surface area contributed by atoms with Crippen molar-refractivity contribution in [3.63, 3.8) is 0 Å². The molecule has 1 heterocycles. The van der Waals surface area contributed by atoms with Crippen LogP contribution in [0.1, 0.15) is 18.4 Å². The molecule has 7 heteroatoms. The van der Waals surface area contributed by atoms with Crippen LogP contribution in [-0.4, -0.2) is 52.6 Å². The smallest absolute Gasteiger partial charge is 0.411 e. The van der Waals surface area contributed by atoms with Crippen molar-refractivity contribution in [2.24, 2.45) is 0 Å². The number of carboxylic acid groups (broad SMARTS) is 1. The molecule has 1 N–H and O–H groups in total. The van der Waals surface area contributed by atoms with Crippen molar-refractivity contribution in [1.29, 1.82) is 0 Å². The molecule has 1 aliphatic rings. The molecule has 1 saturated heterocycles. The second-order valence-corrected chi connectivity index (χ2v) is 5.03. The van der Waals surface area contributed by atoms with Gasteiger partial charge in [0.2, 0.25) is 5.91 Å². The van der Waals surface area contributed by atoms with E-state index in [0.717, 1.165) is 10.5 Å². The van der Waals surface area contributed by atoms with E-state index in [2.05, 4.69) is 0 Å². The highest BCUT2D eigenvalue weighted by Gasteiger charge is 2.26. The summed E-state index contributed by atoms with van der Waals surface area (Å²) >= 11 is 0. The minimum Gasteiger partial charge on any atom is -0.480 e. The second kappa shape index (κ2) is 7.44. The van der Waals surface area contributed by atoms with Gasteiger partial charge in [-0.05, 0) is 12.0 Å². The van der Waals surface area contributed by atoms with Gasteiger partial charge in [0.05, 0.1) is 6.67 Å². The Balaban J connectivity index is 1.93. The predicted molar refractivity (Wildman–Crippen MR) is 76.8 cm³/mol. The maximum atomic E-state index is 12.1. The van der Waals surface area contributed by atoms with Crippen molar-refractivity contribution in [2.75, 3.05) is 19.8 Å². The fraction of sp³-hybridized carbons (Fsp3) is 0.400. The summed E-state index contributed by atoms with van der Waals surface area (Å²) in [6.45, 7) is 0.0403. The SMILES string of the molecule is O=C(O)CN1CN(C(=O)OCc2ccccc2)CCCC1=O. The Kier molecular flexibility index (Phi) is 5.35. The van der Waals surface area contributed by atoms with Gasteiger partial charge in [0.25, 0.3) is 0 Å². The quantitative estimate of drug-likeness (QED) is 0.905. The van der Waals surface area contributed by atoms with Crippen LogP contribution in [0.2, 0.25) is 0 Å².